The molecule has 13 heavy (non-hydrogen) atoms. The molecule has 1 aliphatic heterocycles. The van der Waals surface area contributed by atoms with Crippen LogP contribution in [0.2, 0.25) is 0 Å². The molecule has 78 valence electrons. The Balaban J connectivity index is 2.61. The molecule has 1 N–H and O–H groups in total. The van der Waals surface area contributed by atoms with Gasteiger partial charge in [-0.25, -0.2) is 0 Å². The molecule has 1 heterocycles. The van der Waals surface area contributed by atoms with Gasteiger partial charge in [0.25, 0.3) is 0 Å². The predicted molar refractivity (Wildman–Crippen MR) is 62.4 cm³/mol. The van der Waals surface area contributed by atoms with Gasteiger partial charge in [0, 0.05) is 16.4 Å². The normalized spacial score (nSPS) is 27.5. The summed E-state index contributed by atoms with van der Waals surface area (Å²) < 4.78 is 0. The highest BCUT2D eigenvalue weighted by Crippen LogP contribution is 2.34. The van der Waals surface area contributed by atoms with Gasteiger partial charge in [0.1, 0.15) is 0 Å². The first-order chi connectivity index (χ1) is 5.85. The van der Waals surface area contributed by atoms with E-state index in [1.54, 1.807) is 0 Å². The van der Waals surface area contributed by atoms with Gasteiger partial charge in [-0.05, 0) is 52.9 Å². The fourth-order valence-corrected chi connectivity index (χ4v) is 3.54. The van der Waals surface area contributed by atoms with Crippen molar-refractivity contribution < 1.29 is 0 Å². The van der Waals surface area contributed by atoms with E-state index in [1.807, 2.05) is 0 Å². The largest absolute Gasteiger partial charge is 0.307 e. The average Bonchev–Trinajstić information content (AvgIpc) is 1.78. The number of nitrogens with one attached hydrogen (secondary N) is 1. The van der Waals surface area contributed by atoms with E-state index in [4.69, 9.17) is 0 Å². The lowest BCUT2D eigenvalue weighted by Gasteiger charge is -2.46. The zero-order chi connectivity index (χ0) is 10.1. The third kappa shape index (κ3) is 3.59. The second-order valence-corrected chi connectivity index (χ2v) is 6.44. The fourth-order valence-electron chi connectivity index (χ4n) is 2.89. The molecule has 0 aromatic carbocycles. The van der Waals surface area contributed by atoms with Gasteiger partial charge >= 0.3 is 0 Å². The second-order valence-electron chi connectivity index (χ2n) is 5.64. The molecule has 0 amide bonds. The van der Waals surface area contributed by atoms with Gasteiger partial charge in [0.05, 0.1) is 0 Å². The van der Waals surface area contributed by atoms with Crippen molar-refractivity contribution in [2.45, 2.75) is 58.0 Å². The van der Waals surface area contributed by atoms with Gasteiger partial charge in [-0.3, -0.25) is 0 Å². The molecule has 0 saturated carbocycles. The Labute approximate surface area is 90.8 Å². The van der Waals surface area contributed by atoms with E-state index in [1.165, 1.54) is 19.3 Å². The van der Waals surface area contributed by atoms with E-state index in [9.17, 15) is 0 Å². The Morgan fingerprint density at radius 2 is 1.62 bits per heavy atom. The minimum Gasteiger partial charge on any atom is -0.307 e. The summed E-state index contributed by atoms with van der Waals surface area (Å²) in [5.74, 6) is 0.880. The lowest BCUT2D eigenvalue weighted by molar-refractivity contribution is 0.127. The van der Waals surface area contributed by atoms with Crippen LogP contribution in [0.3, 0.4) is 0 Å². The molecular formula is C11H22BrN. The van der Waals surface area contributed by atoms with Gasteiger partial charge in [-0.1, -0.05) is 15.9 Å². The standard InChI is InChI=1S/C11H22BrN/c1-10(2)7-9(5-6-12)8-11(3,4)13-10/h9,13H,5-8H2,1-4H3. The second kappa shape index (κ2) is 3.90. The molecule has 0 bridgehead atoms. The van der Waals surface area contributed by atoms with E-state index in [0.29, 0.717) is 11.1 Å². The smallest absolute Gasteiger partial charge is 0.0132 e. The Morgan fingerprint density at radius 1 is 1.15 bits per heavy atom. The highest BCUT2D eigenvalue weighted by molar-refractivity contribution is 9.09. The molecule has 1 saturated heterocycles. The van der Waals surface area contributed by atoms with Crippen LogP contribution in [-0.4, -0.2) is 16.4 Å². The van der Waals surface area contributed by atoms with Crippen LogP contribution in [0.4, 0.5) is 0 Å². The Bertz CT molecular complexity index is 159. The molecule has 0 aromatic heterocycles. The number of hydrogen-bond donors (Lipinski definition) is 1. The third-order valence-corrected chi connectivity index (χ3v) is 3.25. The fraction of sp³-hybridized carbons (Fsp3) is 1.00. The van der Waals surface area contributed by atoms with E-state index in [-0.39, 0.29) is 0 Å². The monoisotopic (exact) mass is 247 g/mol. The van der Waals surface area contributed by atoms with Crippen LogP contribution >= 0.6 is 15.9 Å². The highest BCUT2D eigenvalue weighted by Gasteiger charge is 2.36. The van der Waals surface area contributed by atoms with Crippen LogP contribution in [0.15, 0.2) is 0 Å². The molecule has 0 aromatic rings. The van der Waals surface area contributed by atoms with Crippen molar-refractivity contribution in [2.75, 3.05) is 5.33 Å². The summed E-state index contributed by atoms with van der Waals surface area (Å²) in [5.41, 5.74) is 0.628. The quantitative estimate of drug-likeness (QED) is 0.739. The third-order valence-electron chi connectivity index (χ3n) is 2.79. The van der Waals surface area contributed by atoms with Crippen LogP contribution in [-0.2, 0) is 0 Å². The number of rotatable bonds is 2. The molecule has 1 rings (SSSR count). The molecular weight excluding hydrogens is 226 g/mol. The predicted octanol–water partition coefficient (Wildman–Crippen LogP) is 3.33. The van der Waals surface area contributed by atoms with Gasteiger partial charge in [0.15, 0.2) is 0 Å². The number of hydrogen-bond acceptors (Lipinski definition) is 1. The number of piperidine rings is 1. The van der Waals surface area contributed by atoms with Crippen molar-refractivity contribution in [3.05, 3.63) is 0 Å². The number of halogens is 1. The first-order valence-electron chi connectivity index (χ1n) is 5.20. The molecule has 1 fully saturated rings. The van der Waals surface area contributed by atoms with Gasteiger partial charge < -0.3 is 5.32 Å². The van der Waals surface area contributed by atoms with Crippen LogP contribution in [0, 0.1) is 5.92 Å². The maximum Gasteiger partial charge on any atom is 0.0132 e. The van der Waals surface area contributed by atoms with E-state index in [2.05, 4.69) is 48.9 Å². The maximum absolute atomic E-state index is 3.71. The van der Waals surface area contributed by atoms with E-state index in [0.717, 1.165) is 11.2 Å². The van der Waals surface area contributed by atoms with Crippen molar-refractivity contribution in [3.63, 3.8) is 0 Å². The minimum atomic E-state index is 0.314. The van der Waals surface area contributed by atoms with Gasteiger partial charge in [-0.15, -0.1) is 0 Å². The Kier molecular flexibility index (Phi) is 3.45. The van der Waals surface area contributed by atoms with Crippen LogP contribution in [0.1, 0.15) is 47.0 Å². The van der Waals surface area contributed by atoms with Crippen molar-refractivity contribution in [1.29, 1.82) is 0 Å². The SMILES string of the molecule is CC1(C)CC(CCBr)CC(C)(C)N1. The summed E-state index contributed by atoms with van der Waals surface area (Å²) in [4.78, 5) is 0. The summed E-state index contributed by atoms with van der Waals surface area (Å²) in [6, 6.07) is 0. The zero-order valence-corrected chi connectivity index (χ0v) is 10.9. The molecule has 0 unspecified atom stereocenters. The molecule has 1 aliphatic rings. The van der Waals surface area contributed by atoms with Crippen molar-refractivity contribution in [3.8, 4) is 0 Å². The van der Waals surface area contributed by atoms with Crippen molar-refractivity contribution in [2.24, 2.45) is 5.92 Å². The summed E-state index contributed by atoms with van der Waals surface area (Å²) >= 11 is 3.54. The lowest BCUT2D eigenvalue weighted by atomic mass is 9.75. The Hall–Kier alpha value is 0.440. The molecule has 0 atom stereocenters. The molecule has 0 radical (unpaired) electrons. The first kappa shape index (κ1) is 11.5. The summed E-state index contributed by atoms with van der Waals surface area (Å²) in [7, 11) is 0. The molecule has 0 aliphatic carbocycles. The summed E-state index contributed by atoms with van der Waals surface area (Å²) in [6.07, 6.45) is 3.93. The molecule has 1 nitrogen and oxygen atoms in total. The van der Waals surface area contributed by atoms with Crippen LogP contribution in [0.5, 0.6) is 0 Å². The Morgan fingerprint density at radius 3 is 2.00 bits per heavy atom. The topological polar surface area (TPSA) is 12.0 Å². The molecule has 2 heteroatoms. The van der Waals surface area contributed by atoms with Crippen LogP contribution in [0.25, 0.3) is 0 Å². The maximum atomic E-state index is 3.71. The average molecular weight is 248 g/mol. The van der Waals surface area contributed by atoms with Gasteiger partial charge in [0.2, 0.25) is 0 Å². The highest BCUT2D eigenvalue weighted by atomic mass is 79.9. The summed E-state index contributed by atoms with van der Waals surface area (Å²) in [5, 5.41) is 4.85. The van der Waals surface area contributed by atoms with Crippen LogP contribution < -0.4 is 5.32 Å². The van der Waals surface area contributed by atoms with Gasteiger partial charge in [-0.2, -0.15) is 0 Å². The van der Waals surface area contributed by atoms with E-state index >= 15 is 0 Å². The summed E-state index contributed by atoms with van der Waals surface area (Å²) in [6.45, 7) is 9.26. The number of alkyl halides is 1. The lowest BCUT2D eigenvalue weighted by Crippen LogP contribution is -2.57. The van der Waals surface area contributed by atoms with E-state index < -0.39 is 0 Å². The molecule has 0 spiro atoms. The van der Waals surface area contributed by atoms with Crippen molar-refractivity contribution >= 4 is 15.9 Å². The minimum absolute atomic E-state index is 0.314. The first-order valence-corrected chi connectivity index (χ1v) is 6.32. The van der Waals surface area contributed by atoms with Crippen molar-refractivity contribution in [1.82, 2.24) is 5.32 Å². The zero-order valence-electron chi connectivity index (χ0n) is 9.28.